The van der Waals surface area contributed by atoms with E-state index in [0.717, 1.165) is 18.6 Å². The molecule has 68 valence electrons. The summed E-state index contributed by atoms with van der Waals surface area (Å²) in [5.74, 6) is 0.508. The summed E-state index contributed by atoms with van der Waals surface area (Å²) in [6.07, 6.45) is 2.50. The molecular formula is C10H16O2. The smallest absolute Gasteiger partial charge is 0.184 e. The van der Waals surface area contributed by atoms with E-state index in [0.29, 0.717) is 5.92 Å². The van der Waals surface area contributed by atoms with Gasteiger partial charge in [-0.3, -0.25) is 4.79 Å². The molecule has 0 spiro atoms. The van der Waals surface area contributed by atoms with Crippen LogP contribution >= 0.6 is 0 Å². The van der Waals surface area contributed by atoms with Gasteiger partial charge in [-0.15, -0.1) is 0 Å². The second-order valence-corrected chi connectivity index (χ2v) is 3.68. The number of hydrogen-bond acceptors (Lipinski definition) is 2. The molecule has 2 heteroatoms. The van der Waals surface area contributed by atoms with Crippen molar-refractivity contribution < 1.29 is 9.53 Å². The average Bonchev–Trinajstić information content (AvgIpc) is 2.33. The first kappa shape index (κ1) is 9.46. The van der Waals surface area contributed by atoms with E-state index in [4.69, 9.17) is 4.74 Å². The van der Waals surface area contributed by atoms with Gasteiger partial charge in [0, 0.05) is 6.61 Å². The highest BCUT2D eigenvalue weighted by Gasteiger charge is 2.29. The monoisotopic (exact) mass is 168 g/mol. The molecule has 0 bridgehead atoms. The molecule has 0 aromatic heterocycles. The zero-order chi connectivity index (χ0) is 9.14. The Morgan fingerprint density at radius 3 is 2.58 bits per heavy atom. The van der Waals surface area contributed by atoms with E-state index in [1.807, 2.05) is 13.8 Å². The fourth-order valence-electron chi connectivity index (χ4n) is 1.43. The quantitative estimate of drug-likeness (QED) is 0.589. The van der Waals surface area contributed by atoms with Crippen molar-refractivity contribution in [3.63, 3.8) is 0 Å². The van der Waals surface area contributed by atoms with Crippen molar-refractivity contribution in [2.24, 2.45) is 5.92 Å². The first-order valence-corrected chi connectivity index (χ1v) is 4.41. The molecule has 0 radical (unpaired) electrons. The Labute approximate surface area is 73.6 Å². The van der Waals surface area contributed by atoms with Crippen molar-refractivity contribution in [3.05, 3.63) is 11.6 Å². The number of carbonyl (C=O) groups excluding carboxylic acids is 1. The number of ketones is 1. The van der Waals surface area contributed by atoms with Gasteiger partial charge in [0.05, 0.1) is 0 Å². The van der Waals surface area contributed by atoms with E-state index in [2.05, 4.69) is 6.92 Å². The molecule has 0 amide bonds. The predicted octanol–water partition coefficient (Wildman–Crippen LogP) is 1.95. The van der Waals surface area contributed by atoms with Crippen LogP contribution in [0.3, 0.4) is 0 Å². The zero-order valence-corrected chi connectivity index (χ0v) is 7.96. The summed E-state index contributed by atoms with van der Waals surface area (Å²) in [4.78, 5) is 11.5. The van der Waals surface area contributed by atoms with Gasteiger partial charge in [0.25, 0.3) is 0 Å². The van der Waals surface area contributed by atoms with Crippen LogP contribution < -0.4 is 0 Å². The molecule has 0 N–H and O–H groups in total. The highest BCUT2D eigenvalue weighted by atomic mass is 16.5. The summed E-state index contributed by atoms with van der Waals surface area (Å²) in [6.45, 7) is 6.65. The summed E-state index contributed by atoms with van der Waals surface area (Å²) in [5.41, 5.74) is 1.04. The maximum atomic E-state index is 11.5. The number of allylic oxidation sites excluding steroid dienone is 1. The normalized spacial score (nSPS) is 28.6. The number of hydrogen-bond donors (Lipinski definition) is 0. The second kappa shape index (κ2) is 3.85. The van der Waals surface area contributed by atoms with Crippen molar-refractivity contribution in [1.82, 2.24) is 0 Å². The van der Waals surface area contributed by atoms with E-state index in [1.165, 1.54) is 0 Å². The van der Waals surface area contributed by atoms with Crippen LogP contribution in [0.4, 0.5) is 0 Å². The van der Waals surface area contributed by atoms with Crippen molar-refractivity contribution >= 4 is 5.78 Å². The first-order chi connectivity index (χ1) is 5.61. The van der Waals surface area contributed by atoms with Crippen molar-refractivity contribution in [2.45, 2.75) is 33.3 Å². The predicted molar refractivity (Wildman–Crippen MR) is 48.0 cm³/mol. The molecule has 1 aliphatic rings. The third kappa shape index (κ3) is 2.18. The molecule has 0 aromatic rings. The number of ether oxygens (including phenoxy) is 1. The minimum atomic E-state index is -0.181. The molecule has 1 rings (SSSR count). The van der Waals surface area contributed by atoms with Crippen molar-refractivity contribution in [1.29, 1.82) is 0 Å². The van der Waals surface area contributed by atoms with Gasteiger partial charge in [0.1, 0.15) is 6.10 Å². The van der Waals surface area contributed by atoms with E-state index in [1.54, 1.807) is 6.08 Å². The van der Waals surface area contributed by atoms with Crippen LogP contribution in [0.2, 0.25) is 0 Å². The molecule has 1 fully saturated rings. The Kier molecular flexibility index (Phi) is 3.04. The standard InChI is InChI=1S/C10H16O2/c1-7(2)6-9(11)10-8(3)4-5-12-10/h6,8,10H,4-5H2,1-3H3. The van der Waals surface area contributed by atoms with Crippen LogP contribution in [0, 0.1) is 5.92 Å². The fourth-order valence-corrected chi connectivity index (χ4v) is 1.43. The molecule has 2 atom stereocenters. The van der Waals surface area contributed by atoms with Gasteiger partial charge in [-0.25, -0.2) is 0 Å². The molecule has 1 aliphatic heterocycles. The van der Waals surface area contributed by atoms with Crippen LogP contribution in [0.15, 0.2) is 11.6 Å². The van der Waals surface area contributed by atoms with Crippen LogP contribution in [-0.2, 0) is 9.53 Å². The van der Waals surface area contributed by atoms with Crippen molar-refractivity contribution in [3.8, 4) is 0 Å². The Balaban J connectivity index is 2.58. The molecule has 0 aromatic carbocycles. The van der Waals surface area contributed by atoms with E-state index in [9.17, 15) is 4.79 Å². The SMILES string of the molecule is CC(C)=CC(=O)C1OCCC1C. The molecule has 1 saturated heterocycles. The largest absolute Gasteiger partial charge is 0.370 e. The topological polar surface area (TPSA) is 26.3 Å². The Hall–Kier alpha value is -0.630. The van der Waals surface area contributed by atoms with Gasteiger partial charge in [-0.2, -0.15) is 0 Å². The van der Waals surface area contributed by atoms with Gasteiger partial charge < -0.3 is 4.74 Å². The minimum absolute atomic E-state index is 0.125. The summed E-state index contributed by atoms with van der Waals surface area (Å²) >= 11 is 0. The summed E-state index contributed by atoms with van der Waals surface area (Å²) < 4.78 is 5.33. The highest BCUT2D eigenvalue weighted by molar-refractivity contribution is 5.94. The molecule has 2 nitrogen and oxygen atoms in total. The molecule has 0 aliphatic carbocycles. The highest BCUT2D eigenvalue weighted by Crippen LogP contribution is 2.21. The number of carbonyl (C=O) groups is 1. The molecule has 2 unspecified atom stereocenters. The van der Waals surface area contributed by atoms with Gasteiger partial charge >= 0.3 is 0 Å². The van der Waals surface area contributed by atoms with E-state index in [-0.39, 0.29) is 11.9 Å². The summed E-state index contributed by atoms with van der Waals surface area (Å²) in [7, 11) is 0. The van der Waals surface area contributed by atoms with Crippen LogP contribution in [0.5, 0.6) is 0 Å². The molecule has 0 saturated carbocycles. The Morgan fingerprint density at radius 1 is 1.50 bits per heavy atom. The second-order valence-electron chi connectivity index (χ2n) is 3.68. The van der Waals surface area contributed by atoms with Gasteiger partial charge in [-0.1, -0.05) is 12.5 Å². The maximum absolute atomic E-state index is 11.5. The third-order valence-corrected chi connectivity index (χ3v) is 2.10. The van der Waals surface area contributed by atoms with Crippen LogP contribution in [-0.4, -0.2) is 18.5 Å². The Morgan fingerprint density at radius 2 is 2.17 bits per heavy atom. The van der Waals surface area contributed by atoms with Crippen molar-refractivity contribution in [2.75, 3.05) is 6.61 Å². The Bertz CT molecular complexity index is 202. The number of rotatable bonds is 2. The lowest BCUT2D eigenvalue weighted by Gasteiger charge is -2.10. The lowest BCUT2D eigenvalue weighted by Crippen LogP contribution is -2.23. The molecule has 1 heterocycles. The average molecular weight is 168 g/mol. The van der Waals surface area contributed by atoms with Gasteiger partial charge in [-0.05, 0) is 32.3 Å². The lowest BCUT2D eigenvalue weighted by molar-refractivity contribution is -0.124. The van der Waals surface area contributed by atoms with Gasteiger partial charge in [0.2, 0.25) is 0 Å². The molecular weight excluding hydrogens is 152 g/mol. The van der Waals surface area contributed by atoms with Gasteiger partial charge in [0.15, 0.2) is 5.78 Å². The third-order valence-electron chi connectivity index (χ3n) is 2.10. The van der Waals surface area contributed by atoms with Crippen LogP contribution in [0.25, 0.3) is 0 Å². The lowest BCUT2D eigenvalue weighted by atomic mass is 10.00. The zero-order valence-electron chi connectivity index (χ0n) is 7.96. The van der Waals surface area contributed by atoms with E-state index < -0.39 is 0 Å². The summed E-state index contributed by atoms with van der Waals surface area (Å²) in [5, 5.41) is 0. The van der Waals surface area contributed by atoms with E-state index >= 15 is 0 Å². The maximum Gasteiger partial charge on any atom is 0.184 e. The first-order valence-electron chi connectivity index (χ1n) is 4.41. The fraction of sp³-hybridized carbons (Fsp3) is 0.700. The minimum Gasteiger partial charge on any atom is -0.370 e. The van der Waals surface area contributed by atoms with Crippen LogP contribution in [0.1, 0.15) is 27.2 Å². The summed E-state index contributed by atoms with van der Waals surface area (Å²) in [6, 6.07) is 0. The molecule has 12 heavy (non-hydrogen) atoms.